The monoisotopic (exact) mass is 301 g/mol. The van der Waals surface area contributed by atoms with Crippen LogP contribution in [0.15, 0.2) is 35.5 Å². The molecule has 0 unspecified atom stereocenters. The Kier molecular flexibility index (Phi) is 4.27. The van der Waals surface area contributed by atoms with Crippen molar-refractivity contribution in [3.8, 4) is 0 Å². The standard InChI is InChI=1S/C13H14F3N3S/c1-2-19-6-5-18-12(19)8-20-11-4-3-9(7-10(11)17)13(14,15)16/h3-7H,2,8,17H2,1H3. The number of nitrogens with zero attached hydrogens (tertiary/aromatic N) is 2. The van der Waals surface area contributed by atoms with E-state index in [2.05, 4.69) is 4.98 Å². The quantitative estimate of drug-likeness (QED) is 0.690. The number of alkyl halides is 3. The van der Waals surface area contributed by atoms with Crippen LogP contribution in [0, 0.1) is 0 Å². The van der Waals surface area contributed by atoms with Crippen LogP contribution in [0.5, 0.6) is 0 Å². The van der Waals surface area contributed by atoms with Gasteiger partial charge in [-0.2, -0.15) is 13.2 Å². The molecule has 0 spiro atoms. The van der Waals surface area contributed by atoms with Crippen molar-refractivity contribution >= 4 is 17.4 Å². The van der Waals surface area contributed by atoms with Crippen molar-refractivity contribution in [3.05, 3.63) is 42.0 Å². The molecule has 1 aromatic carbocycles. The van der Waals surface area contributed by atoms with Crippen LogP contribution in [0.4, 0.5) is 18.9 Å². The summed E-state index contributed by atoms with van der Waals surface area (Å²) in [5.74, 6) is 1.44. The van der Waals surface area contributed by atoms with E-state index in [4.69, 9.17) is 5.73 Å². The first kappa shape index (κ1) is 14.8. The molecule has 0 saturated carbocycles. The van der Waals surface area contributed by atoms with Gasteiger partial charge in [0.2, 0.25) is 0 Å². The molecule has 0 aliphatic heterocycles. The van der Waals surface area contributed by atoms with Crippen molar-refractivity contribution in [1.82, 2.24) is 9.55 Å². The second kappa shape index (κ2) is 5.78. The molecule has 0 radical (unpaired) electrons. The van der Waals surface area contributed by atoms with E-state index >= 15 is 0 Å². The Balaban J connectivity index is 2.11. The van der Waals surface area contributed by atoms with Gasteiger partial charge in [-0.25, -0.2) is 4.98 Å². The lowest BCUT2D eigenvalue weighted by Crippen LogP contribution is -2.06. The summed E-state index contributed by atoms with van der Waals surface area (Å²) in [6.45, 7) is 2.81. The van der Waals surface area contributed by atoms with Crippen molar-refractivity contribution in [3.63, 3.8) is 0 Å². The van der Waals surface area contributed by atoms with Crippen LogP contribution in [-0.4, -0.2) is 9.55 Å². The van der Waals surface area contributed by atoms with Crippen molar-refractivity contribution in [1.29, 1.82) is 0 Å². The molecule has 7 heteroatoms. The molecule has 0 aliphatic rings. The molecule has 0 bridgehead atoms. The number of hydrogen-bond acceptors (Lipinski definition) is 3. The number of rotatable bonds is 4. The molecular formula is C13H14F3N3S. The van der Waals surface area contributed by atoms with E-state index in [0.29, 0.717) is 10.6 Å². The fourth-order valence-corrected chi connectivity index (χ4v) is 2.68. The summed E-state index contributed by atoms with van der Waals surface area (Å²) in [6.07, 6.45) is -0.794. The molecule has 0 fully saturated rings. The van der Waals surface area contributed by atoms with Gasteiger partial charge in [-0.15, -0.1) is 11.8 Å². The number of thioether (sulfide) groups is 1. The SMILES string of the molecule is CCn1ccnc1CSc1ccc(C(F)(F)F)cc1N. The maximum atomic E-state index is 12.5. The fraction of sp³-hybridized carbons (Fsp3) is 0.308. The molecule has 2 rings (SSSR count). The summed E-state index contributed by atoms with van der Waals surface area (Å²) in [5, 5.41) is 0. The predicted octanol–water partition coefficient (Wildman–Crippen LogP) is 3.80. The van der Waals surface area contributed by atoms with Crippen LogP contribution in [0.2, 0.25) is 0 Å². The van der Waals surface area contributed by atoms with E-state index in [0.717, 1.165) is 24.5 Å². The van der Waals surface area contributed by atoms with Crippen molar-refractivity contribution < 1.29 is 13.2 Å². The molecule has 1 heterocycles. The minimum atomic E-state index is -4.37. The van der Waals surface area contributed by atoms with Gasteiger partial charge in [0, 0.05) is 29.5 Å². The van der Waals surface area contributed by atoms with E-state index < -0.39 is 11.7 Å². The molecule has 0 saturated heterocycles. The Bertz CT molecular complexity index is 593. The van der Waals surface area contributed by atoms with E-state index in [1.807, 2.05) is 17.7 Å². The number of imidazole rings is 1. The lowest BCUT2D eigenvalue weighted by molar-refractivity contribution is -0.137. The summed E-state index contributed by atoms with van der Waals surface area (Å²) in [6, 6.07) is 3.42. The van der Waals surface area contributed by atoms with Crippen LogP contribution in [0.3, 0.4) is 0 Å². The second-order valence-corrected chi connectivity index (χ2v) is 5.19. The number of aryl methyl sites for hydroxylation is 1. The van der Waals surface area contributed by atoms with Crippen LogP contribution in [-0.2, 0) is 18.5 Å². The van der Waals surface area contributed by atoms with Crippen LogP contribution in [0.25, 0.3) is 0 Å². The fourth-order valence-electron chi connectivity index (χ4n) is 1.77. The number of benzene rings is 1. The van der Waals surface area contributed by atoms with Crippen molar-refractivity contribution in [2.45, 2.75) is 30.3 Å². The van der Waals surface area contributed by atoms with Gasteiger partial charge in [0.15, 0.2) is 0 Å². The maximum absolute atomic E-state index is 12.5. The van der Waals surface area contributed by atoms with Gasteiger partial charge in [-0.05, 0) is 25.1 Å². The molecule has 0 aliphatic carbocycles. The van der Waals surface area contributed by atoms with Crippen molar-refractivity contribution in [2.75, 3.05) is 5.73 Å². The molecule has 108 valence electrons. The summed E-state index contributed by atoms with van der Waals surface area (Å²) in [7, 11) is 0. The third kappa shape index (κ3) is 3.27. The Morgan fingerprint density at radius 2 is 2.10 bits per heavy atom. The molecule has 0 atom stereocenters. The minimum Gasteiger partial charge on any atom is -0.398 e. The number of anilines is 1. The zero-order valence-corrected chi connectivity index (χ0v) is 11.6. The van der Waals surface area contributed by atoms with Gasteiger partial charge in [0.25, 0.3) is 0 Å². The van der Waals surface area contributed by atoms with E-state index in [1.54, 1.807) is 6.20 Å². The molecule has 20 heavy (non-hydrogen) atoms. The average Bonchev–Trinajstić information content (AvgIpc) is 2.83. The summed E-state index contributed by atoms with van der Waals surface area (Å²) in [4.78, 5) is 4.84. The highest BCUT2D eigenvalue weighted by Gasteiger charge is 2.30. The summed E-state index contributed by atoms with van der Waals surface area (Å²) >= 11 is 1.38. The average molecular weight is 301 g/mol. The van der Waals surface area contributed by atoms with Gasteiger partial charge in [-0.3, -0.25) is 0 Å². The molecule has 2 N–H and O–H groups in total. The van der Waals surface area contributed by atoms with Gasteiger partial charge >= 0.3 is 6.18 Å². The Morgan fingerprint density at radius 1 is 1.35 bits per heavy atom. The molecule has 0 amide bonds. The number of hydrogen-bond donors (Lipinski definition) is 1. The van der Waals surface area contributed by atoms with Crippen LogP contribution >= 0.6 is 11.8 Å². The van der Waals surface area contributed by atoms with Gasteiger partial charge in [0.1, 0.15) is 5.82 Å². The third-order valence-electron chi connectivity index (χ3n) is 2.84. The summed E-state index contributed by atoms with van der Waals surface area (Å²) in [5.41, 5.74) is 5.09. The second-order valence-electron chi connectivity index (χ2n) is 4.17. The highest BCUT2D eigenvalue weighted by molar-refractivity contribution is 7.98. The van der Waals surface area contributed by atoms with E-state index in [9.17, 15) is 13.2 Å². The first-order valence-corrected chi connectivity index (χ1v) is 7.00. The third-order valence-corrected chi connectivity index (χ3v) is 3.92. The highest BCUT2D eigenvalue weighted by Crippen LogP contribution is 2.35. The topological polar surface area (TPSA) is 43.8 Å². The minimum absolute atomic E-state index is 0.138. The number of nitrogen functional groups attached to an aromatic ring is 1. The molecule has 3 nitrogen and oxygen atoms in total. The highest BCUT2D eigenvalue weighted by atomic mass is 32.2. The van der Waals surface area contributed by atoms with Gasteiger partial charge < -0.3 is 10.3 Å². The molecule has 1 aromatic heterocycles. The van der Waals surface area contributed by atoms with Crippen LogP contribution in [0.1, 0.15) is 18.3 Å². The zero-order valence-electron chi connectivity index (χ0n) is 10.8. The molecular weight excluding hydrogens is 287 g/mol. The predicted molar refractivity (Wildman–Crippen MR) is 73.3 cm³/mol. The van der Waals surface area contributed by atoms with E-state index in [1.165, 1.54) is 17.8 Å². The van der Waals surface area contributed by atoms with E-state index in [-0.39, 0.29) is 5.69 Å². The Hall–Kier alpha value is -1.63. The first-order chi connectivity index (χ1) is 9.41. The van der Waals surface area contributed by atoms with Gasteiger partial charge in [-0.1, -0.05) is 0 Å². The Morgan fingerprint density at radius 3 is 2.70 bits per heavy atom. The zero-order chi connectivity index (χ0) is 14.8. The van der Waals surface area contributed by atoms with Crippen LogP contribution < -0.4 is 5.73 Å². The first-order valence-electron chi connectivity index (χ1n) is 6.01. The molecule has 2 aromatic rings. The maximum Gasteiger partial charge on any atom is 0.416 e. The van der Waals surface area contributed by atoms with Gasteiger partial charge in [0.05, 0.1) is 11.3 Å². The largest absolute Gasteiger partial charge is 0.416 e. The lowest BCUT2D eigenvalue weighted by atomic mass is 10.2. The number of halogens is 3. The summed E-state index contributed by atoms with van der Waals surface area (Å²) < 4.78 is 39.6. The van der Waals surface area contributed by atoms with Crippen molar-refractivity contribution in [2.24, 2.45) is 0 Å². The Labute approximate surface area is 119 Å². The number of nitrogens with two attached hydrogens (primary N) is 1. The lowest BCUT2D eigenvalue weighted by Gasteiger charge is -2.11. The number of aromatic nitrogens is 2. The normalized spacial score (nSPS) is 11.8. The smallest absolute Gasteiger partial charge is 0.398 e.